The van der Waals surface area contributed by atoms with Crippen molar-refractivity contribution in [3.8, 4) is 5.82 Å². The van der Waals surface area contributed by atoms with Crippen LogP contribution in [0.1, 0.15) is 31.7 Å². The lowest BCUT2D eigenvalue weighted by molar-refractivity contribution is 0.709. The van der Waals surface area contributed by atoms with Crippen LogP contribution in [0, 0.1) is 6.92 Å². The number of aryl methyl sites for hydroxylation is 1. The summed E-state index contributed by atoms with van der Waals surface area (Å²) in [4.78, 5) is 15.9. The average Bonchev–Trinajstić information content (AvgIpc) is 3.24. The molecule has 3 aromatic rings. The second-order valence-electron chi connectivity index (χ2n) is 7.26. The molecule has 0 atom stereocenters. The van der Waals surface area contributed by atoms with Crippen LogP contribution in [0.15, 0.2) is 66.0 Å². The fraction of sp³-hybridized carbons (Fsp3) is 0.375. The summed E-state index contributed by atoms with van der Waals surface area (Å²) in [6, 6.07) is 14.6. The summed E-state index contributed by atoms with van der Waals surface area (Å²) in [6.07, 6.45) is 6.61. The number of anilines is 1. The molecule has 0 saturated heterocycles. The van der Waals surface area contributed by atoms with Crippen LogP contribution in [0.4, 0.5) is 5.69 Å². The maximum Gasteiger partial charge on any atom is 0.191 e. The molecule has 3 rings (SSSR count). The van der Waals surface area contributed by atoms with E-state index >= 15 is 0 Å². The quantitative estimate of drug-likeness (QED) is 0.173. The first-order valence-electron chi connectivity index (χ1n) is 11.0. The zero-order chi connectivity index (χ0) is 21.9. The average molecular weight is 547 g/mol. The lowest BCUT2D eigenvalue weighted by atomic mass is 10.2. The number of pyridine rings is 1. The molecule has 0 unspecified atom stereocenters. The molecule has 0 radical (unpaired) electrons. The van der Waals surface area contributed by atoms with Gasteiger partial charge in [-0.1, -0.05) is 24.3 Å². The van der Waals surface area contributed by atoms with Crippen molar-refractivity contribution in [3.05, 3.63) is 72.4 Å². The number of hydrogen-bond donors (Lipinski definition) is 2. The number of hydrogen-bond acceptors (Lipinski definition) is 4. The molecule has 2 heterocycles. The normalized spacial score (nSPS) is 11.0. The fourth-order valence-corrected chi connectivity index (χ4v) is 3.37. The van der Waals surface area contributed by atoms with Gasteiger partial charge in [0.1, 0.15) is 11.6 Å². The van der Waals surface area contributed by atoms with Crippen molar-refractivity contribution >= 4 is 35.6 Å². The third-order valence-electron chi connectivity index (χ3n) is 5.05. The third-order valence-corrected chi connectivity index (χ3v) is 5.05. The number of para-hydroxylation sites is 1. The minimum absolute atomic E-state index is 0. The predicted molar refractivity (Wildman–Crippen MR) is 143 cm³/mol. The molecule has 0 spiro atoms. The molecule has 8 heteroatoms. The molecule has 0 amide bonds. The zero-order valence-electron chi connectivity index (χ0n) is 19.2. The van der Waals surface area contributed by atoms with Gasteiger partial charge in [0.2, 0.25) is 0 Å². The first-order valence-corrected chi connectivity index (χ1v) is 11.0. The summed E-state index contributed by atoms with van der Waals surface area (Å²) in [5.41, 5.74) is 2.34. The number of aliphatic imine (C=N–C) groups is 1. The Bertz CT molecular complexity index is 938. The van der Waals surface area contributed by atoms with Crippen molar-refractivity contribution in [2.45, 2.75) is 33.7 Å². The van der Waals surface area contributed by atoms with E-state index in [9.17, 15) is 0 Å². The third kappa shape index (κ3) is 7.51. The Kier molecular flexibility index (Phi) is 11.0. The smallest absolute Gasteiger partial charge is 0.191 e. The molecule has 0 bridgehead atoms. The molecule has 0 aliphatic carbocycles. The van der Waals surface area contributed by atoms with Crippen molar-refractivity contribution in [2.75, 3.05) is 31.1 Å². The molecule has 0 aliphatic rings. The summed E-state index contributed by atoms with van der Waals surface area (Å²) in [5, 5.41) is 6.76. The minimum atomic E-state index is 0. The maximum absolute atomic E-state index is 4.71. The van der Waals surface area contributed by atoms with E-state index in [1.165, 1.54) is 5.69 Å². The lowest BCUT2D eigenvalue weighted by Gasteiger charge is -2.23. The molecule has 7 nitrogen and oxygen atoms in total. The number of guanidine groups is 1. The van der Waals surface area contributed by atoms with E-state index in [4.69, 9.17) is 4.99 Å². The van der Waals surface area contributed by atoms with Crippen LogP contribution in [0.5, 0.6) is 0 Å². The standard InChI is InChI=1S/C24H33N7.HI/c1-4-25-24(27-14-9-16-30(5-2)22-10-7-6-8-11-22)29-19-21-12-13-23(28-18-21)31-17-15-26-20(31)3;/h6-8,10-13,15,17-18H,4-5,9,14,16,19H2,1-3H3,(H2,25,27,29);1H. The molecule has 0 saturated carbocycles. The van der Waals surface area contributed by atoms with Crippen molar-refractivity contribution in [1.82, 2.24) is 25.2 Å². The van der Waals surface area contributed by atoms with E-state index in [2.05, 4.69) is 75.7 Å². The highest BCUT2D eigenvalue weighted by Crippen LogP contribution is 2.13. The van der Waals surface area contributed by atoms with Gasteiger partial charge >= 0.3 is 0 Å². The van der Waals surface area contributed by atoms with Crippen molar-refractivity contribution < 1.29 is 0 Å². The summed E-state index contributed by atoms with van der Waals surface area (Å²) in [6.45, 7) is 10.5. The Labute approximate surface area is 208 Å². The summed E-state index contributed by atoms with van der Waals surface area (Å²) >= 11 is 0. The van der Waals surface area contributed by atoms with Crippen molar-refractivity contribution in [3.63, 3.8) is 0 Å². The fourth-order valence-electron chi connectivity index (χ4n) is 3.37. The van der Waals surface area contributed by atoms with Crippen LogP contribution in [0.25, 0.3) is 5.82 Å². The molecule has 32 heavy (non-hydrogen) atoms. The Balaban J connectivity index is 0.00000363. The molecular weight excluding hydrogens is 513 g/mol. The Morgan fingerprint density at radius 1 is 1.06 bits per heavy atom. The predicted octanol–water partition coefficient (Wildman–Crippen LogP) is 4.17. The highest BCUT2D eigenvalue weighted by Gasteiger charge is 2.05. The largest absolute Gasteiger partial charge is 0.372 e. The van der Waals surface area contributed by atoms with Crippen molar-refractivity contribution in [2.24, 2.45) is 4.99 Å². The van der Waals surface area contributed by atoms with Crippen LogP contribution in [0.3, 0.4) is 0 Å². The first kappa shape index (κ1) is 25.6. The van der Waals surface area contributed by atoms with E-state index in [1.807, 2.05) is 30.0 Å². The molecule has 0 aliphatic heterocycles. The SMILES string of the molecule is CCNC(=NCc1ccc(-n2ccnc2C)nc1)NCCCN(CC)c1ccccc1.I. The topological polar surface area (TPSA) is 70.4 Å². The van der Waals surface area contributed by atoms with Gasteiger partial charge in [-0.05, 0) is 51.0 Å². The van der Waals surface area contributed by atoms with Gasteiger partial charge in [0, 0.05) is 50.5 Å². The monoisotopic (exact) mass is 547 g/mol. The van der Waals surface area contributed by atoms with Crippen molar-refractivity contribution in [1.29, 1.82) is 0 Å². The molecule has 1 aromatic carbocycles. The minimum Gasteiger partial charge on any atom is -0.372 e. The number of nitrogens with zero attached hydrogens (tertiary/aromatic N) is 5. The molecule has 2 N–H and O–H groups in total. The molecule has 2 aromatic heterocycles. The Hall–Kier alpha value is -2.62. The van der Waals surface area contributed by atoms with Gasteiger partial charge in [-0.2, -0.15) is 0 Å². The first-order chi connectivity index (χ1) is 15.2. The maximum atomic E-state index is 4.71. The van der Waals surface area contributed by atoms with Crippen LogP contribution >= 0.6 is 24.0 Å². The number of benzene rings is 1. The van der Waals surface area contributed by atoms with Gasteiger partial charge < -0.3 is 15.5 Å². The van der Waals surface area contributed by atoms with Gasteiger partial charge in [-0.3, -0.25) is 4.57 Å². The molecular formula is C24H34IN7. The summed E-state index contributed by atoms with van der Waals surface area (Å²) in [7, 11) is 0. The lowest BCUT2D eigenvalue weighted by Crippen LogP contribution is -2.38. The van der Waals surface area contributed by atoms with E-state index in [0.717, 1.165) is 55.8 Å². The van der Waals surface area contributed by atoms with Gasteiger partial charge in [0.05, 0.1) is 6.54 Å². The van der Waals surface area contributed by atoms with Crippen LogP contribution in [-0.4, -0.2) is 46.7 Å². The summed E-state index contributed by atoms with van der Waals surface area (Å²) in [5.74, 6) is 2.62. The van der Waals surface area contributed by atoms with Crippen LogP contribution in [0.2, 0.25) is 0 Å². The molecule has 0 fully saturated rings. The zero-order valence-corrected chi connectivity index (χ0v) is 21.5. The number of rotatable bonds is 10. The van der Waals surface area contributed by atoms with Gasteiger partial charge in [-0.25, -0.2) is 15.0 Å². The van der Waals surface area contributed by atoms with Gasteiger partial charge in [0.25, 0.3) is 0 Å². The number of imidazole rings is 1. The van der Waals surface area contributed by atoms with Gasteiger partial charge in [0.15, 0.2) is 5.96 Å². The Morgan fingerprint density at radius 2 is 1.88 bits per heavy atom. The number of halogens is 1. The Morgan fingerprint density at radius 3 is 2.50 bits per heavy atom. The van der Waals surface area contributed by atoms with Gasteiger partial charge in [-0.15, -0.1) is 24.0 Å². The number of aromatic nitrogens is 3. The van der Waals surface area contributed by atoms with Crippen LogP contribution in [-0.2, 0) is 6.54 Å². The molecule has 172 valence electrons. The van der Waals surface area contributed by atoms with E-state index < -0.39 is 0 Å². The highest BCUT2D eigenvalue weighted by atomic mass is 127. The van der Waals surface area contributed by atoms with Crippen LogP contribution < -0.4 is 15.5 Å². The van der Waals surface area contributed by atoms with E-state index in [0.29, 0.717) is 6.54 Å². The second kappa shape index (κ2) is 13.7. The summed E-state index contributed by atoms with van der Waals surface area (Å²) < 4.78 is 1.97. The number of nitrogens with one attached hydrogen (secondary N) is 2. The highest BCUT2D eigenvalue weighted by molar-refractivity contribution is 14.0. The van der Waals surface area contributed by atoms with E-state index in [-0.39, 0.29) is 24.0 Å². The second-order valence-corrected chi connectivity index (χ2v) is 7.26. The van der Waals surface area contributed by atoms with E-state index in [1.54, 1.807) is 6.20 Å².